The Morgan fingerprint density at radius 3 is 2.59 bits per heavy atom. The molecule has 0 saturated carbocycles. The zero-order valence-electron chi connectivity index (χ0n) is 26.8. The van der Waals surface area contributed by atoms with E-state index in [4.69, 9.17) is 4.98 Å². The normalized spacial score (nSPS) is 14.7. The fraction of sp³-hybridized carbons (Fsp3) is 0.514. The Kier molecular flexibility index (Phi) is 12.4. The smallest absolute Gasteiger partial charge is 0.158 e. The average Bonchev–Trinajstić information content (AvgIpc) is 2.94. The first-order valence-electron chi connectivity index (χ1n) is 15.8. The SMILES string of the molecule is C=C(/C=C\N(C)c1cc(N(CCC)CCCCC)c2c(n1)C=C(C(=O)CCCC(C)C)CC2C)c1cccc(C)c1. The molecule has 0 bridgehead atoms. The third kappa shape index (κ3) is 9.18. The summed E-state index contributed by atoms with van der Waals surface area (Å²) in [4.78, 5) is 23.0. The summed E-state index contributed by atoms with van der Waals surface area (Å²) in [6, 6.07) is 10.7. The number of hydrogen-bond acceptors (Lipinski definition) is 4. The van der Waals surface area contributed by atoms with Crippen LogP contribution in [0, 0.1) is 12.8 Å². The standard InChI is InChI=1S/C37H53N3O/c1-9-11-12-21-40(20-10-2)34-26-36(39(8)22-19-29(6)31-17-14-16-28(5)23-31)38-33-25-32(24-30(7)37(33)34)35(41)18-13-15-27(3)4/h14,16-17,19,22-23,25-27,30H,6,9-13,15,18,20-21,24H2,1-5,7-8H3/b22-19-. The zero-order chi connectivity index (χ0) is 29.9. The quantitative estimate of drug-likeness (QED) is 0.153. The van der Waals surface area contributed by atoms with Gasteiger partial charge in [0.25, 0.3) is 0 Å². The van der Waals surface area contributed by atoms with Crippen molar-refractivity contribution in [2.45, 2.75) is 98.8 Å². The van der Waals surface area contributed by atoms with Gasteiger partial charge in [0.2, 0.25) is 0 Å². The van der Waals surface area contributed by atoms with Crippen molar-refractivity contribution in [2.24, 2.45) is 5.92 Å². The van der Waals surface area contributed by atoms with Gasteiger partial charge >= 0.3 is 0 Å². The Balaban J connectivity index is 2.00. The van der Waals surface area contributed by atoms with Crippen LogP contribution in [0.5, 0.6) is 0 Å². The highest BCUT2D eigenvalue weighted by Gasteiger charge is 2.28. The van der Waals surface area contributed by atoms with Gasteiger partial charge in [0.1, 0.15) is 5.82 Å². The molecule has 0 radical (unpaired) electrons. The van der Waals surface area contributed by atoms with Gasteiger partial charge in [0.05, 0.1) is 5.69 Å². The molecule has 4 heteroatoms. The number of unbranched alkanes of at least 4 members (excludes halogenated alkanes) is 2. The second kappa shape index (κ2) is 15.7. The van der Waals surface area contributed by atoms with E-state index >= 15 is 0 Å². The molecule has 1 aliphatic rings. The van der Waals surface area contributed by atoms with Gasteiger partial charge in [0, 0.05) is 50.1 Å². The van der Waals surface area contributed by atoms with Gasteiger partial charge in [-0.05, 0) is 73.3 Å². The van der Waals surface area contributed by atoms with Crippen LogP contribution in [-0.4, -0.2) is 30.9 Å². The van der Waals surface area contributed by atoms with E-state index in [2.05, 4.69) is 107 Å². The summed E-state index contributed by atoms with van der Waals surface area (Å²) in [6.45, 7) is 19.7. The molecule has 3 rings (SSSR count). The molecule has 1 aromatic carbocycles. The third-order valence-electron chi connectivity index (χ3n) is 8.04. The van der Waals surface area contributed by atoms with Gasteiger partial charge in [-0.2, -0.15) is 0 Å². The topological polar surface area (TPSA) is 36.4 Å². The summed E-state index contributed by atoms with van der Waals surface area (Å²) < 4.78 is 0. The minimum absolute atomic E-state index is 0.253. The second-order valence-corrected chi connectivity index (χ2v) is 12.3. The first-order valence-corrected chi connectivity index (χ1v) is 15.8. The Morgan fingerprint density at radius 1 is 1.12 bits per heavy atom. The molecule has 0 aliphatic heterocycles. The Hall–Kier alpha value is -3.14. The number of benzene rings is 1. The van der Waals surface area contributed by atoms with Gasteiger partial charge in [0.15, 0.2) is 5.78 Å². The van der Waals surface area contributed by atoms with Crippen LogP contribution >= 0.6 is 0 Å². The van der Waals surface area contributed by atoms with E-state index in [1.807, 2.05) is 7.05 Å². The van der Waals surface area contributed by atoms with Gasteiger partial charge in [-0.15, -0.1) is 0 Å². The number of fused-ring (bicyclic) bond motifs is 1. The number of aromatic nitrogens is 1. The number of anilines is 2. The van der Waals surface area contributed by atoms with E-state index in [0.29, 0.717) is 12.3 Å². The summed E-state index contributed by atoms with van der Waals surface area (Å²) in [5.74, 6) is 2.05. The molecule has 41 heavy (non-hydrogen) atoms. The van der Waals surface area contributed by atoms with Crippen LogP contribution in [0.3, 0.4) is 0 Å². The first kappa shape index (κ1) is 32.4. The summed E-state index contributed by atoms with van der Waals surface area (Å²) in [6.07, 6.45) is 14.4. The van der Waals surface area contributed by atoms with Crippen molar-refractivity contribution in [3.05, 3.63) is 77.1 Å². The largest absolute Gasteiger partial charge is 0.371 e. The number of pyridine rings is 1. The van der Waals surface area contributed by atoms with Gasteiger partial charge < -0.3 is 9.80 Å². The highest BCUT2D eigenvalue weighted by Crippen LogP contribution is 2.41. The Bertz CT molecular complexity index is 1240. The summed E-state index contributed by atoms with van der Waals surface area (Å²) >= 11 is 0. The van der Waals surface area contributed by atoms with E-state index in [1.165, 1.54) is 36.1 Å². The number of nitrogens with zero attached hydrogens (tertiary/aromatic N) is 3. The van der Waals surface area contributed by atoms with Crippen LogP contribution in [0.1, 0.15) is 114 Å². The van der Waals surface area contributed by atoms with Crippen LogP contribution in [-0.2, 0) is 4.79 Å². The maximum absolute atomic E-state index is 13.2. The van der Waals surface area contributed by atoms with Crippen molar-refractivity contribution in [1.29, 1.82) is 0 Å². The van der Waals surface area contributed by atoms with E-state index in [0.717, 1.165) is 67.0 Å². The molecule has 1 unspecified atom stereocenters. The molecule has 1 aliphatic carbocycles. The molecular formula is C37H53N3O. The van der Waals surface area contributed by atoms with Crippen molar-refractivity contribution >= 4 is 28.9 Å². The van der Waals surface area contributed by atoms with E-state index in [9.17, 15) is 4.79 Å². The van der Waals surface area contributed by atoms with Crippen molar-refractivity contribution in [3.63, 3.8) is 0 Å². The molecule has 0 spiro atoms. The number of carbonyl (C=O) groups is 1. The minimum Gasteiger partial charge on any atom is -0.371 e. The predicted octanol–water partition coefficient (Wildman–Crippen LogP) is 9.75. The monoisotopic (exact) mass is 555 g/mol. The molecule has 1 heterocycles. The molecule has 2 aromatic rings. The fourth-order valence-corrected chi connectivity index (χ4v) is 5.68. The summed E-state index contributed by atoms with van der Waals surface area (Å²) in [5.41, 5.74) is 7.77. The lowest BCUT2D eigenvalue weighted by Gasteiger charge is -2.33. The van der Waals surface area contributed by atoms with Gasteiger partial charge in [-0.25, -0.2) is 4.98 Å². The third-order valence-corrected chi connectivity index (χ3v) is 8.04. The van der Waals surface area contributed by atoms with Crippen LogP contribution in [0.2, 0.25) is 0 Å². The summed E-state index contributed by atoms with van der Waals surface area (Å²) in [7, 11) is 2.05. The lowest BCUT2D eigenvalue weighted by atomic mass is 9.83. The molecule has 1 aromatic heterocycles. The van der Waals surface area contributed by atoms with Crippen molar-refractivity contribution in [2.75, 3.05) is 29.9 Å². The van der Waals surface area contributed by atoms with Crippen LogP contribution < -0.4 is 9.80 Å². The molecule has 0 fully saturated rings. The van der Waals surface area contributed by atoms with Crippen molar-refractivity contribution < 1.29 is 4.79 Å². The molecule has 222 valence electrons. The number of carbonyl (C=O) groups excluding carboxylic acids is 1. The number of allylic oxidation sites excluding steroid dienone is 3. The maximum atomic E-state index is 13.2. The number of Topliss-reactive ketones (excluding diaryl/α,β-unsaturated/α-hetero) is 1. The van der Waals surface area contributed by atoms with E-state index in [-0.39, 0.29) is 11.7 Å². The minimum atomic E-state index is 0.253. The maximum Gasteiger partial charge on any atom is 0.158 e. The zero-order valence-corrected chi connectivity index (χ0v) is 26.8. The molecule has 0 N–H and O–H groups in total. The number of ketones is 1. The van der Waals surface area contributed by atoms with E-state index < -0.39 is 0 Å². The lowest BCUT2D eigenvalue weighted by Crippen LogP contribution is -2.28. The Labute approximate surface area is 250 Å². The predicted molar refractivity (Wildman–Crippen MR) is 179 cm³/mol. The van der Waals surface area contributed by atoms with Gasteiger partial charge in [-0.3, -0.25) is 4.79 Å². The molecular weight excluding hydrogens is 502 g/mol. The van der Waals surface area contributed by atoms with Crippen molar-refractivity contribution in [1.82, 2.24) is 4.98 Å². The lowest BCUT2D eigenvalue weighted by molar-refractivity contribution is -0.115. The second-order valence-electron chi connectivity index (χ2n) is 12.3. The van der Waals surface area contributed by atoms with Gasteiger partial charge in [-0.1, -0.05) is 90.3 Å². The van der Waals surface area contributed by atoms with Crippen LogP contribution in [0.4, 0.5) is 11.5 Å². The molecule has 0 saturated heterocycles. The molecule has 1 atom stereocenters. The Morgan fingerprint density at radius 2 is 1.90 bits per heavy atom. The van der Waals surface area contributed by atoms with E-state index in [1.54, 1.807) is 0 Å². The van der Waals surface area contributed by atoms with Crippen LogP contribution in [0.15, 0.2) is 54.8 Å². The molecule has 4 nitrogen and oxygen atoms in total. The van der Waals surface area contributed by atoms with Crippen molar-refractivity contribution in [3.8, 4) is 0 Å². The molecule has 0 amide bonds. The fourth-order valence-electron chi connectivity index (χ4n) is 5.68. The number of rotatable bonds is 16. The summed E-state index contributed by atoms with van der Waals surface area (Å²) in [5, 5.41) is 0. The van der Waals surface area contributed by atoms with Crippen LogP contribution in [0.25, 0.3) is 11.6 Å². The number of aryl methyl sites for hydroxylation is 1. The highest BCUT2D eigenvalue weighted by molar-refractivity contribution is 6.00. The average molecular weight is 556 g/mol. The number of hydrogen-bond donors (Lipinski definition) is 0. The highest BCUT2D eigenvalue weighted by atomic mass is 16.1. The first-order chi connectivity index (χ1) is 19.6.